The zero-order chi connectivity index (χ0) is 18.5. The molecule has 1 aliphatic heterocycles. The minimum absolute atomic E-state index is 0.0477. The average Bonchev–Trinajstić information content (AvgIpc) is 2.69. The molecule has 1 heterocycles. The van der Waals surface area contributed by atoms with Crippen molar-refractivity contribution in [3.63, 3.8) is 0 Å². The highest BCUT2D eigenvalue weighted by Crippen LogP contribution is 2.20. The van der Waals surface area contributed by atoms with Crippen LogP contribution in [0.4, 0.5) is 0 Å². The van der Waals surface area contributed by atoms with Gasteiger partial charge in [0.15, 0.2) is 0 Å². The second kappa shape index (κ2) is 8.04. The van der Waals surface area contributed by atoms with Crippen molar-refractivity contribution in [2.45, 2.75) is 13.3 Å². The lowest BCUT2D eigenvalue weighted by Gasteiger charge is -2.35. The molecule has 0 aliphatic carbocycles. The summed E-state index contributed by atoms with van der Waals surface area (Å²) in [7, 11) is 1.56. The molecule has 0 spiro atoms. The van der Waals surface area contributed by atoms with Crippen molar-refractivity contribution in [3.8, 4) is 5.75 Å². The zero-order valence-electron chi connectivity index (χ0n) is 15.3. The molecule has 1 fully saturated rings. The van der Waals surface area contributed by atoms with E-state index in [1.807, 2.05) is 48.2 Å². The summed E-state index contributed by atoms with van der Waals surface area (Å²) in [6.07, 6.45) is 0.410. The van der Waals surface area contributed by atoms with Crippen LogP contribution in [0.5, 0.6) is 5.75 Å². The topological polar surface area (TPSA) is 49.9 Å². The molecule has 0 aromatic heterocycles. The molecule has 1 saturated heterocycles. The molecule has 0 saturated carbocycles. The molecule has 0 atom stereocenters. The molecule has 0 unspecified atom stereocenters. The van der Waals surface area contributed by atoms with Gasteiger partial charge in [0.1, 0.15) is 5.75 Å². The van der Waals surface area contributed by atoms with Crippen LogP contribution in [0, 0.1) is 6.92 Å². The van der Waals surface area contributed by atoms with Gasteiger partial charge in [0.25, 0.3) is 5.91 Å². The molecule has 136 valence electrons. The minimum Gasteiger partial charge on any atom is -0.496 e. The monoisotopic (exact) mass is 352 g/mol. The van der Waals surface area contributed by atoms with Crippen LogP contribution in [0.3, 0.4) is 0 Å². The van der Waals surface area contributed by atoms with E-state index in [2.05, 4.69) is 0 Å². The number of ether oxygens (including phenoxy) is 1. The predicted octanol–water partition coefficient (Wildman–Crippen LogP) is 2.53. The highest BCUT2D eigenvalue weighted by atomic mass is 16.5. The van der Waals surface area contributed by atoms with Crippen molar-refractivity contribution in [1.29, 1.82) is 0 Å². The second-order valence-corrected chi connectivity index (χ2v) is 6.48. The van der Waals surface area contributed by atoms with Gasteiger partial charge in [-0.25, -0.2) is 0 Å². The Balaban J connectivity index is 1.59. The number of piperazine rings is 1. The van der Waals surface area contributed by atoms with Gasteiger partial charge >= 0.3 is 0 Å². The zero-order valence-corrected chi connectivity index (χ0v) is 15.3. The minimum atomic E-state index is -0.0477. The highest BCUT2D eigenvalue weighted by molar-refractivity contribution is 5.97. The quantitative estimate of drug-likeness (QED) is 0.850. The van der Waals surface area contributed by atoms with Crippen molar-refractivity contribution in [1.82, 2.24) is 9.80 Å². The van der Waals surface area contributed by atoms with Crippen LogP contribution in [0.2, 0.25) is 0 Å². The molecule has 2 aromatic carbocycles. The number of carbonyl (C=O) groups is 2. The van der Waals surface area contributed by atoms with Crippen LogP contribution in [-0.2, 0) is 11.2 Å². The van der Waals surface area contributed by atoms with E-state index in [4.69, 9.17) is 4.74 Å². The maximum atomic E-state index is 12.7. The van der Waals surface area contributed by atoms with Gasteiger partial charge in [0.2, 0.25) is 5.91 Å². The van der Waals surface area contributed by atoms with Crippen molar-refractivity contribution in [3.05, 3.63) is 65.2 Å². The van der Waals surface area contributed by atoms with Crippen LogP contribution in [0.15, 0.2) is 48.5 Å². The lowest BCUT2D eigenvalue weighted by atomic mass is 10.1. The van der Waals surface area contributed by atoms with Crippen LogP contribution in [-0.4, -0.2) is 54.9 Å². The van der Waals surface area contributed by atoms with E-state index >= 15 is 0 Å². The molecule has 0 N–H and O–H groups in total. The Bertz CT molecular complexity index is 795. The Morgan fingerprint density at radius 1 is 0.923 bits per heavy atom. The maximum absolute atomic E-state index is 12.7. The number of aryl methyl sites for hydroxylation is 1. The number of para-hydroxylation sites is 1. The van der Waals surface area contributed by atoms with Gasteiger partial charge in [-0.1, -0.05) is 36.4 Å². The summed E-state index contributed by atoms with van der Waals surface area (Å²) in [5.41, 5.74) is 2.76. The van der Waals surface area contributed by atoms with Crippen molar-refractivity contribution >= 4 is 11.8 Å². The molecule has 5 heteroatoms. The van der Waals surface area contributed by atoms with E-state index in [1.54, 1.807) is 24.1 Å². The Hall–Kier alpha value is -2.82. The maximum Gasteiger partial charge on any atom is 0.257 e. The standard InChI is InChI=1S/C21H24N2O3/c1-16-7-3-4-8-17(16)15-20(24)22-11-13-23(14-12-22)21(25)18-9-5-6-10-19(18)26-2/h3-10H,11-15H2,1-2H3. The molecule has 1 aliphatic rings. The first-order chi connectivity index (χ1) is 12.6. The SMILES string of the molecule is COc1ccccc1C(=O)N1CCN(C(=O)Cc2ccccc2C)CC1. The van der Waals surface area contributed by atoms with E-state index in [0.717, 1.165) is 11.1 Å². The Labute approximate surface area is 154 Å². The van der Waals surface area contributed by atoms with Crippen molar-refractivity contribution in [2.75, 3.05) is 33.3 Å². The van der Waals surface area contributed by atoms with Gasteiger partial charge in [-0.15, -0.1) is 0 Å². The molecule has 2 aromatic rings. The molecule has 0 radical (unpaired) electrons. The Morgan fingerprint density at radius 2 is 1.54 bits per heavy atom. The van der Waals surface area contributed by atoms with E-state index in [1.165, 1.54) is 0 Å². The van der Waals surface area contributed by atoms with Gasteiger partial charge < -0.3 is 14.5 Å². The normalized spacial score (nSPS) is 14.2. The third kappa shape index (κ3) is 3.87. The van der Waals surface area contributed by atoms with Gasteiger partial charge in [0, 0.05) is 26.2 Å². The summed E-state index contributed by atoms with van der Waals surface area (Å²) in [5, 5.41) is 0. The number of benzene rings is 2. The largest absolute Gasteiger partial charge is 0.496 e. The molecule has 0 bridgehead atoms. The molecule has 5 nitrogen and oxygen atoms in total. The van der Waals surface area contributed by atoms with Gasteiger partial charge in [0.05, 0.1) is 19.1 Å². The van der Waals surface area contributed by atoms with Crippen LogP contribution in [0.25, 0.3) is 0 Å². The Kier molecular flexibility index (Phi) is 5.56. The lowest BCUT2D eigenvalue weighted by Crippen LogP contribution is -2.51. The Morgan fingerprint density at radius 3 is 2.23 bits per heavy atom. The van der Waals surface area contributed by atoms with Gasteiger partial charge in [-0.3, -0.25) is 9.59 Å². The molecular weight excluding hydrogens is 328 g/mol. The van der Waals surface area contributed by atoms with Crippen LogP contribution >= 0.6 is 0 Å². The van der Waals surface area contributed by atoms with Crippen LogP contribution in [0.1, 0.15) is 21.5 Å². The number of methoxy groups -OCH3 is 1. The van der Waals surface area contributed by atoms with Crippen LogP contribution < -0.4 is 4.74 Å². The molecule has 3 rings (SSSR count). The van der Waals surface area contributed by atoms with Crippen molar-refractivity contribution in [2.24, 2.45) is 0 Å². The van der Waals surface area contributed by atoms with Gasteiger partial charge in [-0.05, 0) is 30.2 Å². The van der Waals surface area contributed by atoms with Crippen molar-refractivity contribution < 1.29 is 14.3 Å². The number of rotatable bonds is 4. The smallest absolute Gasteiger partial charge is 0.257 e. The second-order valence-electron chi connectivity index (χ2n) is 6.48. The number of amides is 2. The number of hydrogen-bond donors (Lipinski definition) is 0. The summed E-state index contributed by atoms with van der Waals surface area (Å²) in [6, 6.07) is 15.2. The molecular formula is C21H24N2O3. The fraction of sp³-hybridized carbons (Fsp3) is 0.333. The summed E-state index contributed by atoms with van der Waals surface area (Å²) < 4.78 is 5.28. The first kappa shape index (κ1) is 18.0. The lowest BCUT2D eigenvalue weighted by molar-refractivity contribution is -0.131. The highest BCUT2D eigenvalue weighted by Gasteiger charge is 2.26. The summed E-state index contributed by atoms with van der Waals surface area (Å²) >= 11 is 0. The molecule has 26 heavy (non-hydrogen) atoms. The number of carbonyl (C=O) groups excluding carboxylic acids is 2. The fourth-order valence-corrected chi connectivity index (χ4v) is 3.23. The summed E-state index contributed by atoms with van der Waals surface area (Å²) in [6.45, 7) is 4.22. The number of hydrogen-bond acceptors (Lipinski definition) is 3. The molecule has 2 amide bonds. The third-order valence-corrected chi connectivity index (χ3v) is 4.86. The first-order valence-electron chi connectivity index (χ1n) is 8.84. The van der Waals surface area contributed by atoms with E-state index in [0.29, 0.717) is 43.9 Å². The van der Waals surface area contributed by atoms with Gasteiger partial charge in [-0.2, -0.15) is 0 Å². The first-order valence-corrected chi connectivity index (χ1v) is 8.84. The average molecular weight is 352 g/mol. The van der Waals surface area contributed by atoms with E-state index in [-0.39, 0.29) is 11.8 Å². The summed E-state index contributed by atoms with van der Waals surface area (Å²) in [5.74, 6) is 0.646. The predicted molar refractivity (Wildman–Crippen MR) is 100 cm³/mol. The summed E-state index contributed by atoms with van der Waals surface area (Å²) in [4.78, 5) is 28.9. The van der Waals surface area contributed by atoms with E-state index < -0.39 is 0 Å². The third-order valence-electron chi connectivity index (χ3n) is 4.86. The number of nitrogens with zero attached hydrogens (tertiary/aromatic N) is 2. The van der Waals surface area contributed by atoms with E-state index in [9.17, 15) is 9.59 Å². The fourth-order valence-electron chi connectivity index (χ4n) is 3.23.